The lowest BCUT2D eigenvalue weighted by atomic mass is 9.92. The van der Waals surface area contributed by atoms with E-state index < -0.39 is 0 Å². The van der Waals surface area contributed by atoms with Crippen LogP contribution in [0.15, 0.2) is 5.16 Å². The van der Waals surface area contributed by atoms with E-state index in [1.165, 1.54) is 0 Å². The lowest BCUT2D eigenvalue weighted by Crippen LogP contribution is -2.16. The van der Waals surface area contributed by atoms with Gasteiger partial charge in [0.2, 0.25) is 0 Å². The molecule has 0 spiro atoms. The Balaban J connectivity index is 3.09. The summed E-state index contributed by atoms with van der Waals surface area (Å²) in [5.41, 5.74) is 1.36. The van der Waals surface area contributed by atoms with Gasteiger partial charge in [-0.15, -0.1) is 0 Å². The maximum Gasteiger partial charge on any atom is 0.0609 e. The monoisotopic (exact) mass is 169 g/mol. The summed E-state index contributed by atoms with van der Waals surface area (Å²) in [6.45, 7) is 13.0. The van der Waals surface area contributed by atoms with Gasteiger partial charge in [0, 0.05) is 5.41 Å². The highest BCUT2D eigenvalue weighted by molar-refractivity contribution is 5.92. The topological polar surface area (TPSA) is 32.6 Å². The molecule has 2 nitrogen and oxygen atoms in total. The van der Waals surface area contributed by atoms with Crippen LogP contribution in [0.4, 0.5) is 0 Å². The molecule has 70 valence electrons. The summed E-state index contributed by atoms with van der Waals surface area (Å²) in [6, 6.07) is 0. The SMILES string of the molecule is CC(=NO)C1(C)C(C)(C)C1(C)C. The lowest BCUT2D eigenvalue weighted by Gasteiger charge is -2.13. The highest BCUT2D eigenvalue weighted by atomic mass is 16.4. The average Bonchev–Trinajstić information content (AvgIpc) is 2.28. The number of oxime groups is 1. The van der Waals surface area contributed by atoms with Crippen LogP contribution in [0, 0.1) is 16.2 Å². The highest BCUT2D eigenvalue weighted by Gasteiger charge is 2.75. The summed E-state index contributed by atoms with van der Waals surface area (Å²) in [6.07, 6.45) is 0. The number of nitrogens with zero attached hydrogens (tertiary/aromatic N) is 1. The zero-order chi connectivity index (χ0) is 9.78. The molecule has 0 radical (unpaired) electrons. The fourth-order valence-corrected chi connectivity index (χ4v) is 2.60. The fourth-order valence-electron chi connectivity index (χ4n) is 2.60. The van der Waals surface area contributed by atoms with Gasteiger partial charge in [-0.25, -0.2) is 0 Å². The van der Waals surface area contributed by atoms with Crippen molar-refractivity contribution in [2.24, 2.45) is 21.4 Å². The molecule has 12 heavy (non-hydrogen) atoms. The molecular formula is C10H19NO. The maximum absolute atomic E-state index is 8.76. The molecule has 0 aromatic carbocycles. The Morgan fingerprint density at radius 1 is 1.00 bits per heavy atom. The van der Waals surface area contributed by atoms with Crippen LogP contribution < -0.4 is 0 Å². The first-order chi connectivity index (χ1) is 5.23. The van der Waals surface area contributed by atoms with Crippen LogP contribution in [0.1, 0.15) is 41.5 Å². The number of rotatable bonds is 1. The van der Waals surface area contributed by atoms with E-state index in [0.29, 0.717) is 0 Å². The Morgan fingerprint density at radius 2 is 1.33 bits per heavy atom. The van der Waals surface area contributed by atoms with Gasteiger partial charge in [-0.3, -0.25) is 0 Å². The fraction of sp³-hybridized carbons (Fsp3) is 0.900. The lowest BCUT2D eigenvalue weighted by molar-refractivity contribution is 0.310. The van der Waals surface area contributed by atoms with Gasteiger partial charge >= 0.3 is 0 Å². The van der Waals surface area contributed by atoms with Crippen molar-refractivity contribution < 1.29 is 5.21 Å². The Labute approximate surface area is 74.7 Å². The number of hydrogen-bond donors (Lipinski definition) is 1. The molecule has 0 aromatic heterocycles. The van der Waals surface area contributed by atoms with E-state index in [1.54, 1.807) is 0 Å². The third-order valence-corrected chi connectivity index (χ3v) is 4.87. The van der Waals surface area contributed by atoms with Crippen molar-refractivity contribution >= 4 is 5.71 Å². The predicted molar refractivity (Wildman–Crippen MR) is 50.6 cm³/mol. The van der Waals surface area contributed by atoms with E-state index in [2.05, 4.69) is 39.8 Å². The van der Waals surface area contributed by atoms with Crippen molar-refractivity contribution in [1.82, 2.24) is 0 Å². The third-order valence-electron chi connectivity index (χ3n) is 4.87. The molecule has 0 aromatic rings. The van der Waals surface area contributed by atoms with Crippen molar-refractivity contribution in [1.29, 1.82) is 0 Å². The molecule has 0 atom stereocenters. The maximum atomic E-state index is 8.76. The quantitative estimate of drug-likeness (QED) is 0.365. The molecule has 0 saturated heterocycles. The van der Waals surface area contributed by atoms with Crippen LogP contribution in [0.2, 0.25) is 0 Å². The van der Waals surface area contributed by atoms with Gasteiger partial charge in [0.05, 0.1) is 5.71 Å². The Hall–Kier alpha value is -0.530. The van der Waals surface area contributed by atoms with Gasteiger partial charge < -0.3 is 5.21 Å². The first-order valence-electron chi connectivity index (χ1n) is 4.42. The Morgan fingerprint density at radius 3 is 1.42 bits per heavy atom. The van der Waals surface area contributed by atoms with Crippen molar-refractivity contribution in [3.8, 4) is 0 Å². The van der Waals surface area contributed by atoms with Crippen LogP contribution in [0.5, 0.6) is 0 Å². The summed E-state index contributed by atoms with van der Waals surface area (Å²) in [4.78, 5) is 0. The van der Waals surface area contributed by atoms with Crippen LogP contribution in [0.3, 0.4) is 0 Å². The zero-order valence-electron chi connectivity index (χ0n) is 8.89. The minimum atomic E-state index is 0.0503. The minimum Gasteiger partial charge on any atom is -0.411 e. The first-order valence-corrected chi connectivity index (χ1v) is 4.42. The van der Waals surface area contributed by atoms with E-state index in [1.807, 2.05) is 6.92 Å². The molecule has 1 N–H and O–H groups in total. The standard InChI is InChI=1S/C10H19NO/c1-7(11-12)10(6)8(2,3)9(10,4)5/h12H,1-6H3. The molecule has 1 fully saturated rings. The second kappa shape index (κ2) is 2.04. The molecule has 1 saturated carbocycles. The molecular weight excluding hydrogens is 150 g/mol. The summed E-state index contributed by atoms with van der Waals surface area (Å²) in [5.74, 6) is 0. The van der Waals surface area contributed by atoms with Crippen LogP contribution >= 0.6 is 0 Å². The smallest absolute Gasteiger partial charge is 0.0609 e. The van der Waals surface area contributed by atoms with E-state index in [4.69, 9.17) is 5.21 Å². The highest BCUT2D eigenvalue weighted by Crippen LogP contribution is 2.78. The largest absolute Gasteiger partial charge is 0.411 e. The zero-order valence-corrected chi connectivity index (χ0v) is 8.89. The molecule has 2 heteroatoms. The summed E-state index contributed by atoms with van der Waals surface area (Å²) in [5, 5.41) is 12.1. The molecule has 0 amide bonds. The van der Waals surface area contributed by atoms with Crippen molar-refractivity contribution in [3.05, 3.63) is 0 Å². The summed E-state index contributed by atoms with van der Waals surface area (Å²) in [7, 11) is 0. The average molecular weight is 169 g/mol. The van der Waals surface area contributed by atoms with Crippen molar-refractivity contribution in [3.63, 3.8) is 0 Å². The molecule has 0 bridgehead atoms. The summed E-state index contributed by atoms with van der Waals surface area (Å²) < 4.78 is 0. The van der Waals surface area contributed by atoms with Crippen LogP contribution in [-0.2, 0) is 0 Å². The van der Waals surface area contributed by atoms with Crippen molar-refractivity contribution in [2.45, 2.75) is 41.5 Å². The van der Waals surface area contributed by atoms with E-state index in [0.717, 1.165) is 5.71 Å². The van der Waals surface area contributed by atoms with E-state index >= 15 is 0 Å². The number of hydrogen-bond acceptors (Lipinski definition) is 2. The molecule has 1 aliphatic carbocycles. The normalized spacial score (nSPS) is 30.0. The molecule has 0 aliphatic heterocycles. The Bertz CT molecular complexity index is 224. The van der Waals surface area contributed by atoms with Crippen molar-refractivity contribution in [2.75, 3.05) is 0 Å². The predicted octanol–water partition coefficient (Wildman–Crippen LogP) is 2.91. The van der Waals surface area contributed by atoms with Crippen LogP contribution in [-0.4, -0.2) is 10.9 Å². The summed E-state index contributed by atoms with van der Waals surface area (Å²) >= 11 is 0. The minimum absolute atomic E-state index is 0.0503. The van der Waals surface area contributed by atoms with Gasteiger partial charge in [-0.05, 0) is 17.8 Å². The molecule has 1 aliphatic rings. The first kappa shape index (κ1) is 9.56. The van der Waals surface area contributed by atoms with E-state index in [9.17, 15) is 0 Å². The van der Waals surface area contributed by atoms with Gasteiger partial charge in [0.25, 0.3) is 0 Å². The van der Waals surface area contributed by atoms with Crippen LogP contribution in [0.25, 0.3) is 0 Å². The van der Waals surface area contributed by atoms with Gasteiger partial charge in [-0.1, -0.05) is 39.8 Å². The second-order valence-corrected chi connectivity index (χ2v) is 5.06. The van der Waals surface area contributed by atoms with E-state index in [-0.39, 0.29) is 16.2 Å². The third kappa shape index (κ3) is 0.644. The molecule has 0 unspecified atom stereocenters. The Kier molecular flexibility index (Phi) is 1.62. The molecule has 0 heterocycles. The van der Waals surface area contributed by atoms with Gasteiger partial charge in [0.1, 0.15) is 0 Å². The van der Waals surface area contributed by atoms with Gasteiger partial charge in [-0.2, -0.15) is 0 Å². The van der Waals surface area contributed by atoms with Gasteiger partial charge in [0.15, 0.2) is 0 Å². The second-order valence-electron chi connectivity index (χ2n) is 5.06. The molecule has 1 rings (SSSR count).